The van der Waals surface area contributed by atoms with Gasteiger partial charge >= 0.3 is 6.01 Å². The monoisotopic (exact) mass is 729 g/mol. The molecule has 52 heavy (non-hydrogen) atoms. The summed E-state index contributed by atoms with van der Waals surface area (Å²) in [5.41, 5.74) is 12.6. The number of hydrogen-bond donors (Lipinski definition) is 4. The van der Waals surface area contributed by atoms with Crippen LogP contribution in [-0.4, -0.2) is 71.7 Å². The van der Waals surface area contributed by atoms with Gasteiger partial charge in [-0.1, -0.05) is 43.3 Å². The molecule has 0 spiro atoms. The molecule has 0 saturated carbocycles. The first-order valence-corrected chi connectivity index (χ1v) is 19.0. The normalized spacial score (nSPS) is 17.3. The van der Waals surface area contributed by atoms with Crippen LogP contribution in [0.2, 0.25) is 0 Å². The van der Waals surface area contributed by atoms with E-state index in [4.69, 9.17) is 14.6 Å². The average Bonchev–Trinajstić information content (AvgIpc) is 3.52. The lowest BCUT2D eigenvalue weighted by Crippen LogP contribution is -2.48. The average molecular weight is 730 g/mol. The zero-order chi connectivity index (χ0) is 37.2. The van der Waals surface area contributed by atoms with E-state index in [-0.39, 0.29) is 60.7 Å². The van der Waals surface area contributed by atoms with E-state index >= 15 is 0 Å². The van der Waals surface area contributed by atoms with Gasteiger partial charge in [-0.2, -0.15) is 4.31 Å². The second-order valence-corrected chi connectivity index (χ2v) is 15.6. The number of ether oxygens (including phenoxy) is 2. The van der Waals surface area contributed by atoms with Gasteiger partial charge in [0.1, 0.15) is 23.4 Å². The number of nitrogens with one attached hydrogen (secondary N) is 3. The minimum absolute atomic E-state index is 0.0449. The van der Waals surface area contributed by atoms with Crippen LogP contribution >= 0.6 is 0 Å². The molecule has 4 aromatic rings. The molecule has 13 nitrogen and oxygen atoms in total. The quantitative estimate of drug-likeness (QED) is 0.158. The Bertz CT molecular complexity index is 2040. The van der Waals surface area contributed by atoms with E-state index in [2.05, 4.69) is 64.4 Å². The highest BCUT2D eigenvalue weighted by Crippen LogP contribution is 2.43. The van der Waals surface area contributed by atoms with Crippen molar-refractivity contribution < 1.29 is 27.8 Å². The number of rotatable bonds is 12. The molecule has 0 radical (unpaired) electrons. The Kier molecular flexibility index (Phi) is 10.7. The van der Waals surface area contributed by atoms with Crippen LogP contribution < -0.4 is 30.8 Å². The molecule has 3 heterocycles. The van der Waals surface area contributed by atoms with E-state index in [1.165, 1.54) is 16.7 Å². The van der Waals surface area contributed by atoms with Gasteiger partial charge in [0.2, 0.25) is 10.0 Å². The minimum atomic E-state index is -3.87. The van der Waals surface area contributed by atoms with Crippen molar-refractivity contribution in [3.05, 3.63) is 100 Å². The molecule has 0 saturated heterocycles. The maximum absolute atomic E-state index is 14.1. The molecule has 2 aliphatic heterocycles. The Morgan fingerprint density at radius 3 is 2.58 bits per heavy atom. The van der Waals surface area contributed by atoms with Crippen LogP contribution in [-0.2, 0) is 16.6 Å². The van der Waals surface area contributed by atoms with Crippen LogP contribution in [0.3, 0.4) is 0 Å². The van der Waals surface area contributed by atoms with E-state index in [0.29, 0.717) is 12.2 Å². The van der Waals surface area contributed by atoms with Crippen molar-refractivity contribution in [2.24, 2.45) is 0 Å². The number of anilines is 2. The topological polar surface area (TPSA) is 158 Å². The Hall–Kier alpha value is -4.76. The van der Waals surface area contributed by atoms with Gasteiger partial charge in [0.25, 0.3) is 5.91 Å². The number of aliphatic hydroxyl groups excluding tert-OH is 1. The summed E-state index contributed by atoms with van der Waals surface area (Å²) >= 11 is 0. The summed E-state index contributed by atoms with van der Waals surface area (Å²) < 4.78 is 41.1. The third-order valence-electron chi connectivity index (χ3n) is 9.77. The van der Waals surface area contributed by atoms with Gasteiger partial charge in [0, 0.05) is 36.9 Å². The second kappa shape index (κ2) is 15.1. The third-order valence-corrected chi connectivity index (χ3v) is 11.6. The molecule has 2 aliphatic rings. The molecule has 1 aromatic heterocycles. The Balaban J connectivity index is 1.40. The van der Waals surface area contributed by atoms with E-state index in [9.17, 15) is 13.2 Å². The molecule has 0 bridgehead atoms. The summed E-state index contributed by atoms with van der Waals surface area (Å²) in [5.74, 6) is -0.374. The highest BCUT2D eigenvalue weighted by atomic mass is 32.2. The largest absolute Gasteiger partial charge is 0.488 e. The van der Waals surface area contributed by atoms with Crippen molar-refractivity contribution >= 4 is 27.3 Å². The summed E-state index contributed by atoms with van der Waals surface area (Å²) in [6.45, 7) is 13.0. The lowest BCUT2D eigenvalue weighted by Gasteiger charge is -2.37. The maximum Gasteiger partial charge on any atom is 0.316 e. The maximum atomic E-state index is 14.1. The van der Waals surface area contributed by atoms with Crippen LogP contribution in [0.15, 0.2) is 71.9 Å². The Morgan fingerprint density at radius 2 is 1.87 bits per heavy atom. The fourth-order valence-electron chi connectivity index (χ4n) is 6.94. The van der Waals surface area contributed by atoms with Crippen LogP contribution in [0.1, 0.15) is 78.2 Å². The van der Waals surface area contributed by atoms with E-state index in [1.54, 1.807) is 24.3 Å². The zero-order valence-electron chi connectivity index (χ0n) is 30.4. The SMILES string of the molecule is CC[C@@H]1CN(Cc2cc([C@@H](c3ccc4c(c3C)NNN4CC)C(C)(C)NC(=O)c3cnc(OCCO)nc3)ccc2C)S(=O)(=O)c2ccccc2O1. The number of amides is 1. The number of carbonyl (C=O) groups excluding carboxylic acids is 1. The molecule has 4 N–H and O–H groups in total. The number of hydrogen-bond acceptors (Lipinski definition) is 11. The molecule has 276 valence electrons. The number of fused-ring (bicyclic) bond motifs is 2. The number of aryl methyl sites for hydroxylation is 1. The summed E-state index contributed by atoms with van der Waals surface area (Å²) in [6.07, 6.45) is 3.13. The lowest BCUT2D eigenvalue weighted by atomic mass is 9.74. The summed E-state index contributed by atoms with van der Waals surface area (Å²) in [6, 6.07) is 17.2. The van der Waals surface area contributed by atoms with Gasteiger partial charge in [-0.15, -0.1) is 5.53 Å². The van der Waals surface area contributed by atoms with Crippen LogP contribution in [0, 0.1) is 13.8 Å². The number of benzene rings is 3. The lowest BCUT2D eigenvalue weighted by molar-refractivity contribution is 0.0904. The Morgan fingerprint density at radius 1 is 1.12 bits per heavy atom. The Labute approximate surface area is 305 Å². The standard InChI is InChI=1S/C38H47N7O6S/c1-7-29-23-44(52(48,49)33-12-10-9-11-32(33)51-29)22-27-19-26(14-13-24(27)3)34(30-15-16-31-35(25(30)4)42-43-45(31)8-2)38(5,6)41-36(47)28-20-39-37(40-21-28)50-18-17-46/h9-16,19-21,29,34,42-43,46H,7-8,17-18,22-23H2,1-6H3,(H,41,47)/t29-,34+/m1/s1. The molecule has 3 aromatic carbocycles. The van der Waals surface area contributed by atoms with E-state index < -0.39 is 15.6 Å². The van der Waals surface area contributed by atoms with Gasteiger partial charge in [0.15, 0.2) is 0 Å². The summed E-state index contributed by atoms with van der Waals surface area (Å²) in [5, 5.41) is 14.3. The van der Waals surface area contributed by atoms with E-state index in [0.717, 1.165) is 45.7 Å². The molecule has 0 unspecified atom stereocenters. The van der Waals surface area contributed by atoms with Crippen molar-refractivity contribution in [3.63, 3.8) is 0 Å². The fourth-order valence-corrected chi connectivity index (χ4v) is 8.51. The molecule has 0 fully saturated rings. The van der Waals surface area contributed by atoms with Crippen LogP contribution in [0.25, 0.3) is 0 Å². The number of para-hydroxylation sites is 1. The number of nitrogens with zero attached hydrogens (tertiary/aromatic N) is 4. The van der Waals surface area contributed by atoms with Crippen molar-refractivity contribution in [1.29, 1.82) is 0 Å². The molecule has 2 atom stereocenters. The third kappa shape index (κ3) is 7.29. The van der Waals surface area contributed by atoms with Crippen LogP contribution in [0.5, 0.6) is 11.8 Å². The second-order valence-electron chi connectivity index (χ2n) is 13.7. The van der Waals surface area contributed by atoms with Crippen molar-refractivity contribution in [1.82, 2.24) is 25.1 Å². The first-order valence-electron chi connectivity index (χ1n) is 17.5. The van der Waals surface area contributed by atoms with Gasteiger partial charge < -0.3 is 25.3 Å². The van der Waals surface area contributed by atoms with Gasteiger partial charge in [-0.05, 0) is 87.1 Å². The number of hydrazine groups is 2. The molecule has 6 rings (SSSR count). The molecular weight excluding hydrogens is 683 g/mol. The smallest absolute Gasteiger partial charge is 0.316 e. The molecular formula is C38H47N7O6S. The van der Waals surface area contributed by atoms with Gasteiger partial charge in [-0.25, -0.2) is 18.4 Å². The predicted molar refractivity (Wildman–Crippen MR) is 199 cm³/mol. The summed E-state index contributed by atoms with van der Waals surface area (Å²) in [7, 11) is -3.87. The number of carbonyl (C=O) groups is 1. The first-order chi connectivity index (χ1) is 24.9. The van der Waals surface area contributed by atoms with Gasteiger partial charge in [0.05, 0.1) is 30.1 Å². The summed E-state index contributed by atoms with van der Waals surface area (Å²) in [4.78, 5) is 22.2. The van der Waals surface area contributed by atoms with Crippen molar-refractivity contribution in [3.8, 4) is 11.8 Å². The fraction of sp³-hybridized carbons (Fsp3) is 0.395. The number of aromatic nitrogens is 2. The van der Waals surface area contributed by atoms with Crippen molar-refractivity contribution in [2.45, 2.75) is 77.0 Å². The van der Waals surface area contributed by atoms with E-state index in [1.807, 2.05) is 38.8 Å². The highest BCUT2D eigenvalue weighted by molar-refractivity contribution is 7.89. The number of sulfonamides is 1. The molecule has 14 heteroatoms. The molecule has 1 amide bonds. The predicted octanol–water partition coefficient (Wildman–Crippen LogP) is 4.84. The van der Waals surface area contributed by atoms with Crippen LogP contribution in [0.4, 0.5) is 11.4 Å². The molecule has 0 aliphatic carbocycles. The van der Waals surface area contributed by atoms with Crippen molar-refractivity contribution in [2.75, 3.05) is 36.7 Å². The first kappa shape index (κ1) is 37.0. The highest BCUT2D eigenvalue weighted by Gasteiger charge is 2.38. The number of aliphatic hydroxyl groups is 1. The van der Waals surface area contributed by atoms with Gasteiger partial charge in [-0.3, -0.25) is 9.80 Å². The minimum Gasteiger partial charge on any atom is -0.488 e. The zero-order valence-corrected chi connectivity index (χ0v) is 31.3.